The Kier molecular flexibility index (Phi) is 34.0. The van der Waals surface area contributed by atoms with Crippen LogP contribution in [0.2, 0.25) is 0 Å². The molecule has 2 unspecified atom stereocenters. The lowest BCUT2D eigenvalue weighted by Crippen LogP contribution is -2.55. The molecule has 0 bridgehead atoms. The fourth-order valence-electron chi connectivity index (χ4n) is 5.68. The molecule has 0 aromatic heterocycles. The molecular weight excluding hydrogens is 666 g/mol. The zero-order valence-electron chi connectivity index (χ0n) is 34.4. The van der Waals surface area contributed by atoms with Crippen LogP contribution in [0.5, 0.6) is 0 Å². The van der Waals surface area contributed by atoms with Crippen molar-refractivity contribution >= 4 is 17.9 Å². The fourth-order valence-corrected chi connectivity index (χ4v) is 5.68. The minimum Gasteiger partial charge on any atom is -0.544 e. The highest BCUT2D eigenvalue weighted by Crippen LogP contribution is 2.13. The van der Waals surface area contributed by atoms with Gasteiger partial charge in [0.1, 0.15) is 12.6 Å². The topological polar surface area (TPSA) is 102 Å². The van der Waals surface area contributed by atoms with Gasteiger partial charge >= 0.3 is 11.9 Å². The van der Waals surface area contributed by atoms with Crippen LogP contribution in [0, 0.1) is 0 Å². The van der Waals surface area contributed by atoms with E-state index < -0.39 is 18.1 Å². The number of rotatable bonds is 36. The van der Waals surface area contributed by atoms with E-state index in [9.17, 15) is 19.5 Å². The monoisotopic (exact) mass is 744 g/mol. The summed E-state index contributed by atoms with van der Waals surface area (Å²) in [5.41, 5.74) is 0. The smallest absolute Gasteiger partial charge is 0.306 e. The molecule has 0 rings (SSSR count). The molecule has 8 heteroatoms. The lowest BCUT2D eigenvalue weighted by atomic mass is 10.1. The average molecular weight is 744 g/mol. The number of allylic oxidation sites excluding steroid dienone is 10. The van der Waals surface area contributed by atoms with Gasteiger partial charge in [0, 0.05) is 19.3 Å². The molecule has 0 saturated carbocycles. The van der Waals surface area contributed by atoms with E-state index in [-0.39, 0.29) is 42.7 Å². The van der Waals surface area contributed by atoms with Crippen molar-refractivity contribution in [2.45, 2.75) is 167 Å². The van der Waals surface area contributed by atoms with Gasteiger partial charge < -0.3 is 28.6 Å². The number of esters is 2. The van der Waals surface area contributed by atoms with E-state index in [0.29, 0.717) is 12.8 Å². The Morgan fingerprint density at radius 3 is 1.57 bits per heavy atom. The third kappa shape index (κ3) is 34.5. The molecule has 0 saturated heterocycles. The number of carboxylic acids is 1. The van der Waals surface area contributed by atoms with Crippen molar-refractivity contribution in [3.8, 4) is 0 Å². The number of aliphatic carboxylic acids is 1. The molecule has 0 aliphatic rings. The van der Waals surface area contributed by atoms with Gasteiger partial charge in [-0.25, -0.2) is 0 Å². The number of ether oxygens (including phenoxy) is 3. The first kappa shape index (κ1) is 50.0. The van der Waals surface area contributed by atoms with Crippen LogP contribution in [0.3, 0.4) is 0 Å². The standard InChI is InChI=1S/C45H77NO7/c1-6-8-10-12-14-16-18-19-20-21-22-23-24-25-26-28-29-31-33-35-43(47)52-40-41(39-51-38-37-42(45(49)50)46(3,4)5)53-44(48)36-34-32-30-27-17-15-13-11-9-7-2/h8,10,14,16,19-20,22-23,25-26,41-42H,6-7,9,11-13,15,17-18,21,24,27-40H2,1-5H3/b10-8+,16-14+,20-19+,23-22+,26-25+. The molecule has 0 aliphatic heterocycles. The number of unbranched alkanes of at least 4 members (excludes halogenated alkanes) is 12. The number of carboxylic acid groups (broad SMARTS) is 1. The molecular formula is C45H77NO7. The van der Waals surface area contributed by atoms with E-state index in [1.165, 1.54) is 44.9 Å². The van der Waals surface area contributed by atoms with Crippen molar-refractivity contribution in [2.24, 2.45) is 0 Å². The molecule has 0 aromatic rings. The van der Waals surface area contributed by atoms with E-state index in [2.05, 4.69) is 74.6 Å². The summed E-state index contributed by atoms with van der Waals surface area (Å²) in [6, 6.07) is -0.730. The third-order valence-corrected chi connectivity index (χ3v) is 8.92. The molecule has 0 N–H and O–H groups in total. The van der Waals surface area contributed by atoms with Gasteiger partial charge in [0.2, 0.25) is 0 Å². The molecule has 0 heterocycles. The molecule has 0 aromatic carbocycles. The summed E-state index contributed by atoms with van der Waals surface area (Å²) < 4.78 is 17.1. The average Bonchev–Trinajstić information content (AvgIpc) is 3.11. The first-order chi connectivity index (χ1) is 25.6. The lowest BCUT2D eigenvalue weighted by molar-refractivity contribution is -0.889. The number of carbonyl (C=O) groups excluding carboxylic acids is 3. The van der Waals surface area contributed by atoms with Gasteiger partial charge in [-0.3, -0.25) is 9.59 Å². The molecule has 0 fully saturated rings. The Balaban J connectivity index is 4.40. The molecule has 53 heavy (non-hydrogen) atoms. The van der Waals surface area contributed by atoms with Gasteiger partial charge in [-0.05, 0) is 57.8 Å². The number of hydrogen-bond donors (Lipinski definition) is 0. The summed E-state index contributed by atoms with van der Waals surface area (Å²) in [5.74, 6) is -1.78. The van der Waals surface area contributed by atoms with E-state index in [1.807, 2.05) is 0 Å². The first-order valence-corrected chi connectivity index (χ1v) is 20.8. The quantitative estimate of drug-likeness (QED) is 0.0273. The second-order valence-corrected chi connectivity index (χ2v) is 14.8. The SMILES string of the molecule is CC/C=C/C/C=C/C/C=C/C/C=C/C/C=C/CCCCCC(=O)OCC(COCCC(C(=O)[O-])[N+](C)(C)C)OC(=O)CCCCCCCCCCCC. The molecule has 0 aliphatic carbocycles. The summed E-state index contributed by atoms with van der Waals surface area (Å²) in [5, 5.41) is 11.6. The second-order valence-electron chi connectivity index (χ2n) is 14.8. The van der Waals surface area contributed by atoms with Crippen molar-refractivity contribution in [3.05, 3.63) is 60.8 Å². The highest BCUT2D eigenvalue weighted by Gasteiger charge is 2.25. The van der Waals surface area contributed by atoms with Crippen molar-refractivity contribution in [1.29, 1.82) is 0 Å². The predicted octanol–water partition coefficient (Wildman–Crippen LogP) is 9.69. The van der Waals surface area contributed by atoms with Gasteiger partial charge in [0.15, 0.2) is 6.10 Å². The minimum atomic E-state index is -1.13. The molecule has 8 nitrogen and oxygen atoms in total. The Morgan fingerprint density at radius 1 is 0.585 bits per heavy atom. The number of likely N-dealkylation sites (N-methyl/N-ethyl adjacent to an activating group) is 1. The van der Waals surface area contributed by atoms with E-state index in [0.717, 1.165) is 77.0 Å². The van der Waals surface area contributed by atoms with Crippen LogP contribution in [0.25, 0.3) is 0 Å². The number of hydrogen-bond acceptors (Lipinski definition) is 7. The van der Waals surface area contributed by atoms with E-state index in [1.54, 1.807) is 21.1 Å². The zero-order valence-corrected chi connectivity index (χ0v) is 34.4. The molecule has 0 radical (unpaired) electrons. The largest absolute Gasteiger partial charge is 0.544 e. The van der Waals surface area contributed by atoms with Crippen molar-refractivity contribution < 1.29 is 38.2 Å². The van der Waals surface area contributed by atoms with Crippen molar-refractivity contribution in [3.63, 3.8) is 0 Å². The molecule has 2 atom stereocenters. The second kappa shape index (κ2) is 36.0. The Labute approximate surface area is 324 Å². The first-order valence-electron chi connectivity index (χ1n) is 20.8. The fraction of sp³-hybridized carbons (Fsp3) is 0.711. The highest BCUT2D eigenvalue weighted by atomic mass is 16.6. The summed E-state index contributed by atoms with van der Waals surface area (Å²) in [6.45, 7) is 4.48. The van der Waals surface area contributed by atoms with E-state index >= 15 is 0 Å². The third-order valence-electron chi connectivity index (χ3n) is 8.92. The normalized spacial score (nSPS) is 13.6. The summed E-state index contributed by atoms with van der Waals surface area (Å²) in [6.07, 6.45) is 42.4. The van der Waals surface area contributed by atoms with Crippen LogP contribution in [0.15, 0.2) is 60.8 Å². The molecule has 304 valence electrons. The van der Waals surface area contributed by atoms with Gasteiger partial charge in [-0.15, -0.1) is 0 Å². The number of nitrogens with zero attached hydrogens (tertiary/aromatic N) is 1. The van der Waals surface area contributed by atoms with Crippen LogP contribution >= 0.6 is 0 Å². The highest BCUT2D eigenvalue weighted by molar-refractivity contribution is 5.70. The maximum absolute atomic E-state index is 12.6. The van der Waals surface area contributed by atoms with Gasteiger partial charge in [0.25, 0.3) is 0 Å². The molecule has 0 spiro atoms. The van der Waals surface area contributed by atoms with Crippen LogP contribution in [-0.2, 0) is 28.6 Å². The Bertz CT molecular complexity index is 1050. The summed E-state index contributed by atoms with van der Waals surface area (Å²) in [7, 11) is 5.38. The minimum absolute atomic E-state index is 0.0290. The maximum atomic E-state index is 12.6. The van der Waals surface area contributed by atoms with Crippen LogP contribution in [-0.4, -0.2) is 75.5 Å². The van der Waals surface area contributed by atoms with Crippen LogP contribution in [0.4, 0.5) is 0 Å². The Morgan fingerprint density at radius 2 is 1.06 bits per heavy atom. The molecule has 0 amide bonds. The van der Waals surface area contributed by atoms with Crippen LogP contribution in [0.1, 0.15) is 155 Å². The van der Waals surface area contributed by atoms with Crippen molar-refractivity contribution in [1.82, 2.24) is 0 Å². The predicted molar refractivity (Wildman–Crippen MR) is 217 cm³/mol. The van der Waals surface area contributed by atoms with Gasteiger partial charge in [0.05, 0.1) is 40.3 Å². The number of carbonyl (C=O) groups is 3. The Hall–Kier alpha value is -2.97. The van der Waals surface area contributed by atoms with Crippen LogP contribution < -0.4 is 5.11 Å². The number of quaternary nitrogens is 1. The summed E-state index contributed by atoms with van der Waals surface area (Å²) >= 11 is 0. The zero-order chi connectivity index (χ0) is 39.3. The summed E-state index contributed by atoms with van der Waals surface area (Å²) in [4.78, 5) is 36.7. The van der Waals surface area contributed by atoms with Crippen molar-refractivity contribution in [2.75, 3.05) is 41.0 Å². The van der Waals surface area contributed by atoms with E-state index in [4.69, 9.17) is 14.2 Å². The van der Waals surface area contributed by atoms with Gasteiger partial charge in [-0.2, -0.15) is 0 Å². The van der Waals surface area contributed by atoms with Gasteiger partial charge in [-0.1, -0.05) is 139 Å². The maximum Gasteiger partial charge on any atom is 0.306 e. The lowest BCUT2D eigenvalue weighted by Gasteiger charge is -2.34.